The zero-order valence-electron chi connectivity index (χ0n) is 15.1. The van der Waals surface area contributed by atoms with Gasteiger partial charge in [0.05, 0.1) is 5.69 Å². The van der Waals surface area contributed by atoms with Crippen LogP contribution in [0.15, 0.2) is 60.1 Å². The lowest BCUT2D eigenvalue weighted by molar-refractivity contribution is -0.145. The molecule has 2 aromatic carbocycles. The summed E-state index contributed by atoms with van der Waals surface area (Å²) in [4.78, 5) is 19.9. The summed E-state index contributed by atoms with van der Waals surface area (Å²) in [5.41, 5.74) is 5.32. The predicted molar refractivity (Wildman–Crippen MR) is 109 cm³/mol. The molecule has 0 amide bonds. The van der Waals surface area contributed by atoms with Gasteiger partial charge in [0.2, 0.25) is 0 Å². The lowest BCUT2D eigenvalue weighted by Crippen LogP contribution is -2.06. The zero-order valence-corrected chi connectivity index (χ0v) is 15.9. The molecular weight excluding hydrogens is 356 g/mol. The number of H-pyrrole nitrogens is 1. The van der Waals surface area contributed by atoms with E-state index in [1.807, 2.05) is 29.8 Å². The maximum atomic E-state index is 12.1. The molecule has 0 saturated carbocycles. The first-order valence-electron chi connectivity index (χ1n) is 8.91. The topological polar surface area (TPSA) is 55.0 Å². The molecule has 5 heteroatoms. The van der Waals surface area contributed by atoms with Crippen molar-refractivity contribution in [2.24, 2.45) is 0 Å². The Balaban J connectivity index is 1.31. The highest BCUT2D eigenvalue weighted by Gasteiger charge is 2.10. The number of ether oxygens (including phenoxy) is 1. The van der Waals surface area contributed by atoms with E-state index in [0.717, 1.165) is 32.7 Å². The Kier molecular flexibility index (Phi) is 5.03. The molecule has 1 N–H and O–H groups in total. The molecule has 0 aliphatic rings. The maximum absolute atomic E-state index is 12.1. The number of aryl methyl sites for hydroxylation is 2. The van der Waals surface area contributed by atoms with Crippen LogP contribution in [-0.2, 0) is 22.6 Å². The molecule has 4 nitrogen and oxygen atoms in total. The molecule has 27 heavy (non-hydrogen) atoms. The predicted octanol–water partition coefficient (Wildman–Crippen LogP) is 5.28. The summed E-state index contributed by atoms with van der Waals surface area (Å²) in [6, 6.07) is 16.4. The third kappa shape index (κ3) is 4.09. The number of hydrogen-bond acceptors (Lipinski definition) is 4. The standard InChI is InChI=1S/C22H20N2O2S/c1-15-6-8-16(9-7-15)22-24-18(14-27-22)13-26-21(25)11-10-17-12-23-20-5-3-2-4-19(17)20/h2-9,12,14,23H,10-11,13H2,1H3. The molecule has 0 radical (unpaired) electrons. The van der Waals surface area contributed by atoms with Crippen LogP contribution in [0.1, 0.15) is 23.2 Å². The summed E-state index contributed by atoms with van der Waals surface area (Å²) in [5, 5.41) is 4.05. The molecule has 136 valence electrons. The number of nitrogens with zero attached hydrogens (tertiary/aromatic N) is 1. The Morgan fingerprint density at radius 1 is 1.15 bits per heavy atom. The van der Waals surface area contributed by atoms with Crippen LogP contribution >= 0.6 is 11.3 Å². The summed E-state index contributed by atoms with van der Waals surface area (Å²) in [5.74, 6) is -0.204. The number of fused-ring (bicyclic) bond motifs is 1. The van der Waals surface area contributed by atoms with Gasteiger partial charge in [-0.15, -0.1) is 11.3 Å². The third-order valence-electron chi connectivity index (χ3n) is 4.50. The van der Waals surface area contributed by atoms with E-state index < -0.39 is 0 Å². The van der Waals surface area contributed by atoms with Gasteiger partial charge in [0.25, 0.3) is 0 Å². The van der Waals surface area contributed by atoms with E-state index in [9.17, 15) is 4.79 Å². The first-order chi connectivity index (χ1) is 13.2. The Bertz CT molecular complexity index is 1060. The van der Waals surface area contributed by atoms with Crippen LogP contribution in [0.3, 0.4) is 0 Å². The fourth-order valence-electron chi connectivity index (χ4n) is 3.00. The maximum Gasteiger partial charge on any atom is 0.306 e. The fraction of sp³-hybridized carbons (Fsp3) is 0.182. The molecule has 0 unspecified atom stereocenters. The van der Waals surface area contributed by atoms with Gasteiger partial charge in [-0.3, -0.25) is 4.79 Å². The molecule has 0 aliphatic carbocycles. The van der Waals surface area contributed by atoms with Gasteiger partial charge in [-0.25, -0.2) is 4.98 Å². The monoisotopic (exact) mass is 376 g/mol. The smallest absolute Gasteiger partial charge is 0.306 e. The van der Waals surface area contributed by atoms with Crippen molar-refractivity contribution in [3.8, 4) is 10.6 Å². The molecule has 2 heterocycles. The van der Waals surface area contributed by atoms with Crippen molar-refractivity contribution in [2.75, 3.05) is 0 Å². The zero-order chi connectivity index (χ0) is 18.6. The average molecular weight is 376 g/mol. The van der Waals surface area contributed by atoms with Crippen molar-refractivity contribution in [3.63, 3.8) is 0 Å². The van der Waals surface area contributed by atoms with Crippen LogP contribution in [0.5, 0.6) is 0 Å². The number of thiazole rings is 1. The van der Waals surface area contributed by atoms with Crippen LogP contribution in [0.2, 0.25) is 0 Å². The number of carbonyl (C=O) groups excluding carboxylic acids is 1. The summed E-state index contributed by atoms with van der Waals surface area (Å²) in [6.45, 7) is 2.28. The minimum absolute atomic E-state index is 0.204. The van der Waals surface area contributed by atoms with E-state index in [2.05, 4.69) is 47.2 Å². The van der Waals surface area contributed by atoms with E-state index in [1.54, 1.807) is 11.3 Å². The molecule has 0 aliphatic heterocycles. The molecule has 4 aromatic rings. The number of hydrogen-bond donors (Lipinski definition) is 1. The molecule has 2 aromatic heterocycles. The van der Waals surface area contributed by atoms with Gasteiger partial charge in [-0.2, -0.15) is 0 Å². The van der Waals surface area contributed by atoms with Crippen molar-refractivity contribution in [1.29, 1.82) is 0 Å². The Hall–Kier alpha value is -2.92. The van der Waals surface area contributed by atoms with Crippen molar-refractivity contribution in [1.82, 2.24) is 9.97 Å². The van der Waals surface area contributed by atoms with E-state index >= 15 is 0 Å². The summed E-state index contributed by atoms with van der Waals surface area (Å²) < 4.78 is 5.40. The minimum Gasteiger partial charge on any atom is -0.459 e. The van der Waals surface area contributed by atoms with Crippen LogP contribution in [0.4, 0.5) is 0 Å². The van der Waals surface area contributed by atoms with E-state index in [0.29, 0.717) is 12.8 Å². The third-order valence-corrected chi connectivity index (χ3v) is 5.44. The SMILES string of the molecule is Cc1ccc(-c2nc(COC(=O)CCc3c[nH]c4ccccc34)cs2)cc1. The molecule has 0 saturated heterocycles. The Labute approximate surface area is 161 Å². The van der Waals surface area contributed by atoms with Gasteiger partial charge >= 0.3 is 5.97 Å². The molecule has 0 atom stereocenters. The number of rotatable bonds is 6. The molecule has 0 fully saturated rings. The summed E-state index contributed by atoms with van der Waals surface area (Å²) in [6.07, 6.45) is 2.98. The van der Waals surface area contributed by atoms with Gasteiger partial charge in [0.1, 0.15) is 11.6 Å². The summed E-state index contributed by atoms with van der Waals surface area (Å²) >= 11 is 1.57. The van der Waals surface area contributed by atoms with Crippen molar-refractivity contribution >= 4 is 28.2 Å². The first-order valence-corrected chi connectivity index (χ1v) is 9.79. The lowest BCUT2D eigenvalue weighted by atomic mass is 10.1. The fourth-order valence-corrected chi connectivity index (χ4v) is 3.81. The van der Waals surface area contributed by atoms with E-state index in [4.69, 9.17) is 4.74 Å². The number of carbonyl (C=O) groups is 1. The average Bonchev–Trinajstić information content (AvgIpc) is 3.32. The quantitative estimate of drug-likeness (QED) is 0.466. The second kappa shape index (κ2) is 7.76. The molecule has 0 spiro atoms. The number of aromatic amines is 1. The van der Waals surface area contributed by atoms with Crippen molar-refractivity contribution in [2.45, 2.75) is 26.4 Å². The first kappa shape index (κ1) is 17.5. The van der Waals surface area contributed by atoms with Gasteiger partial charge in [0, 0.05) is 34.5 Å². The van der Waals surface area contributed by atoms with Crippen LogP contribution in [0.25, 0.3) is 21.5 Å². The van der Waals surface area contributed by atoms with Gasteiger partial charge in [-0.1, -0.05) is 48.0 Å². The number of benzene rings is 2. The van der Waals surface area contributed by atoms with Crippen LogP contribution in [0, 0.1) is 6.92 Å². The second-order valence-corrected chi connectivity index (χ2v) is 7.39. The molecular formula is C22H20N2O2S. The highest BCUT2D eigenvalue weighted by atomic mass is 32.1. The van der Waals surface area contributed by atoms with Crippen molar-refractivity contribution < 1.29 is 9.53 Å². The largest absolute Gasteiger partial charge is 0.459 e. The summed E-state index contributed by atoms with van der Waals surface area (Å²) in [7, 11) is 0. The second-order valence-electron chi connectivity index (χ2n) is 6.53. The number of aromatic nitrogens is 2. The highest BCUT2D eigenvalue weighted by molar-refractivity contribution is 7.13. The van der Waals surface area contributed by atoms with Crippen molar-refractivity contribution in [3.05, 3.63) is 76.9 Å². The van der Waals surface area contributed by atoms with Gasteiger partial charge in [-0.05, 0) is 25.0 Å². The molecule has 0 bridgehead atoms. The van der Waals surface area contributed by atoms with Crippen LogP contribution in [-0.4, -0.2) is 15.9 Å². The van der Waals surface area contributed by atoms with Crippen LogP contribution < -0.4 is 0 Å². The van der Waals surface area contributed by atoms with Gasteiger partial charge in [0.15, 0.2) is 0 Å². The highest BCUT2D eigenvalue weighted by Crippen LogP contribution is 2.24. The van der Waals surface area contributed by atoms with E-state index in [1.165, 1.54) is 5.56 Å². The lowest BCUT2D eigenvalue weighted by Gasteiger charge is -2.03. The number of esters is 1. The number of para-hydroxylation sites is 1. The van der Waals surface area contributed by atoms with Gasteiger partial charge < -0.3 is 9.72 Å². The minimum atomic E-state index is -0.204. The number of nitrogens with one attached hydrogen (secondary N) is 1. The molecule has 4 rings (SSSR count). The van der Waals surface area contributed by atoms with E-state index in [-0.39, 0.29) is 12.6 Å². The normalized spacial score (nSPS) is 11.0. The Morgan fingerprint density at radius 2 is 1.96 bits per heavy atom. The Morgan fingerprint density at radius 3 is 2.81 bits per heavy atom.